The van der Waals surface area contributed by atoms with Crippen LogP contribution in [-0.2, 0) is 16.1 Å². The van der Waals surface area contributed by atoms with E-state index in [-0.39, 0.29) is 17.8 Å². The summed E-state index contributed by atoms with van der Waals surface area (Å²) >= 11 is 5.17. The van der Waals surface area contributed by atoms with E-state index in [9.17, 15) is 9.59 Å². The average Bonchev–Trinajstić information content (AvgIpc) is 3.30. The molecule has 0 spiro atoms. The van der Waals surface area contributed by atoms with Gasteiger partial charge in [-0.25, -0.2) is 0 Å². The molecule has 1 aliphatic heterocycles. The molecule has 31 heavy (non-hydrogen) atoms. The van der Waals surface area contributed by atoms with Crippen molar-refractivity contribution in [2.45, 2.75) is 26.3 Å². The summed E-state index contributed by atoms with van der Waals surface area (Å²) in [4.78, 5) is 27.5. The number of piperidine rings is 1. The van der Waals surface area contributed by atoms with Crippen molar-refractivity contribution in [3.63, 3.8) is 0 Å². The van der Waals surface area contributed by atoms with Crippen molar-refractivity contribution in [3.8, 4) is 5.75 Å². The Balaban J connectivity index is 1.63. The van der Waals surface area contributed by atoms with Crippen LogP contribution in [0.1, 0.15) is 35.8 Å². The third kappa shape index (κ3) is 4.65. The molecule has 0 unspecified atom stereocenters. The third-order valence-electron chi connectivity index (χ3n) is 5.61. The lowest BCUT2D eigenvalue weighted by Gasteiger charge is -2.31. The molecule has 1 saturated heterocycles. The number of ether oxygens (including phenoxy) is 2. The third-order valence-corrected chi connectivity index (χ3v) is 7.18. The Hall–Kier alpha value is -2.32. The number of halogens is 1. The number of hydrogen-bond acceptors (Lipinski definition) is 5. The van der Waals surface area contributed by atoms with E-state index < -0.39 is 0 Å². The molecule has 4 rings (SSSR count). The molecule has 2 aromatic heterocycles. The smallest absolute Gasteiger partial charge is 0.310 e. The van der Waals surface area contributed by atoms with Gasteiger partial charge in [-0.15, -0.1) is 11.3 Å². The molecule has 3 heterocycles. The Morgan fingerprint density at radius 1 is 1.23 bits per heavy atom. The maximum Gasteiger partial charge on any atom is 0.310 e. The summed E-state index contributed by atoms with van der Waals surface area (Å²) in [5, 5.41) is 0. The lowest BCUT2D eigenvalue weighted by Crippen LogP contribution is -2.43. The summed E-state index contributed by atoms with van der Waals surface area (Å²) in [6.45, 7) is 3.80. The quantitative estimate of drug-likeness (QED) is 0.446. The number of thiophene rings is 1. The minimum absolute atomic E-state index is 0.0398. The number of methoxy groups -OCH3 is 1. The van der Waals surface area contributed by atoms with Crippen LogP contribution in [0.3, 0.4) is 0 Å². The van der Waals surface area contributed by atoms with Crippen molar-refractivity contribution < 1.29 is 19.1 Å². The number of benzene rings is 1. The van der Waals surface area contributed by atoms with Gasteiger partial charge in [-0.05, 0) is 65.5 Å². The highest BCUT2D eigenvalue weighted by Crippen LogP contribution is 2.34. The van der Waals surface area contributed by atoms with E-state index in [4.69, 9.17) is 9.47 Å². The highest BCUT2D eigenvalue weighted by molar-refractivity contribution is 9.11. The summed E-state index contributed by atoms with van der Waals surface area (Å²) in [6, 6.07) is 11.9. The minimum Gasteiger partial charge on any atom is -0.497 e. The standard InChI is InChI=1S/C23H25BrN2O4S/c1-3-30-23(28)16-5-4-10-25(14-16)22(27)19-11-20-18(12-21(24)31-20)26(19)13-15-6-8-17(29-2)9-7-15/h6-9,11-12,16H,3-5,10,13-14H2,1-2H3/t16-/m0/s1. The first-order valence-electron chi connectivity index (χ1n) is 10.4. The second-order valence-corrected chi connectivity index (χ2v) is 10.1. The van der Waals surface area contributed by atoms with Crippen LogP contribution < -0.4 is 4.74 Å². The molecule has 1 atom stereocenters. The molecule has 0 radical (unpaired) electrons. The van der Waals surface area contributed by atoms with Crippen LogP contribution >= 0.6 is 27.3 Å². The summed E-state index contributed by atoms with van der Waals surface area (Å²) < 4.78 is 14.6. The lowest BCUT2D eigenvalue weighted by molar-refractivity contribution is -0.149. The zero-order valence-corrected chi connectivity index (χ0v) is 20.0. The Labute approximate surface area is 193 Å². The predicted octanol–water partition coefficient (Wildman–Crippen LogP) is 4.94. The Morgan fingerprint density at radius 2 is 2.00 bits per heavy atom. The summed E-state index contributed by atoms with van der Waals surface area (Å²) in [5.74, 6) is 0.299. The van der Waals surface area contributed by atoms with E-state index in [1.807, 2.05) is 30.3 Å². The van der Waals surface area contributed by atoms with Crippen LogP contribution in [0.4, 0.5) is 0 Å². The zero-order valence-electron chi connectivity index (χ0n) is 17.6. The molecule has 1 aliphatic rings. The normalized spacial score (nSPS) is 16.5. The highest BCUT2D eigenvalue weighted by Gasteiger charge is 2.31. The summed E-state index contributed by atoms with van der Waals surface area (Å²) in [5.41, 5.74) is 2.75. The highest BCUT2D eigenvalue weighted by atomic mass is 79.9. The van der Waals surface area contributed by atoms with Crippen molar-refractivity contribution in [1.29, 1.82) is 0 Å². The fraction of sp³-hybridized carbons (Fsp3) is 0.391. The number of hydrogen-bond donors (Lipinski definition) is 0. The first-order chi connectivity index (χ1) is 15.0. The zero-order chi connectivity index (χ0) is 22.0. The van der Waals surface area contributed by atoms with Gasteiger partial charge in [0, 0.05) is 19.6 Å². The molecule has 1 fully saturated rings. The maximum atomic E-state index is 13.5. The van der Waals surface area contributed by atoms with Crippen LogP contribution in [0.2, 0.25) is 0 Å². The van der Waals surface area contributed by atoms with Gasteiger partial charge in [-0.2, -0.15) is 0 Å². The predicted molar refractivity (Wildman–Crippen MR) is 125 cm³/mol. The maximum absolute atomic E-state index is 13.5. The van der Waals surface area contributed by atoms with Crippen LogP contribution in [0.25, 0.3) is 10.2 Å². The molecule has 0 saturated carbocycles. The van der Waals surface area contributed by atoms with Crippen molar-refractivity contribution in [3.05, 3.63) is 51.4 Å². The van der Waals surface area contributed by atoms with Crippen LogP contribution in [0.15, 0.2) is 40.2 Å². The number of fused-ring (bicyclic) bond motifs is 1. The molecule has 1 amide bonds. The summed E-state index contributed by atoms with van der Waals surface area (Å²) in [6.07, 6.45) is 1.56. The molecule has 1 aromatic carbocycles. The van der Waals surface area contributed by atoms with Crippen molar-refractivity contribution >= 4 is 49.4 Å². The molecular formula is C23H25BrN2O4S. The van der Waals surface area contributed by atoms with Gasteiger partial charge in [0.1, 0.15) is 11.4 Å². The second-order valence-electron chi connectivity index (χ2n) is 7.61. The van der Waals surface area contributed by atoms with E-state index in [2.05, 4.69) is 26.6 Å². The average molecular weight is 505 g/mol. The minimum atomic E-state index is -0.252. The fourth-order valence-electron chi connectivity index (χ4n) is 4.05. The molecule has 6 nitrogen and oxygen atoms in total. The van der Waals surface area contributed by atoms with Gasteiger partial charge in [0.05, 0.1) is 33.6 Å². The van der Waals surface area contributed by atoms with Gasteiger partial charge < -0.3 is 18.9 Å². The molecule has 0 N–H and O–H groups in total. The van der Waals surface area contributed by atoms with Crippen molar-refractivity contribution in [2.75, 3.05) is 26.8 Å². The Morgan fingerprint density at radius 3 is 2.71 bits per heavy atom. The first kappa shape index (κ1) is 21.9. The molecule has 8 heteroatoms. The molecule has 3 aromatic rings. The number of amides is 1. The van der Waals surface area contributed by atoms with E-state index in [1.165, 1.54) is 0 Å². The fourth-order valence-corrected chi connectivity index (χ4v) is 5.61. The number of carbonyl (C=O) groups is 2. The number of aromatic nitrogens is 1. The van der Waals surface area contributed by atoms with Gasteiger partial charge in [-0.1, -0.05) is 12.1 Å². The van der Waals surface area contributed by atoms with E-state index in [1.54, 1.807) is 30.3 Å². The van der Waals surface area contributed by atoms with E-state index in [0.717, 1.165) is 38.2 Å². The topological polar surface area (TPSA) is 60.8 Å². The van der Waals surface area contributed by atoms with E-state index >= 15 is 0 Å². The number of carbonyl (C=O) groups excluding carboxylic acids is 2. The largest absolute Gasteiger partial charge is 0.497 e. The van der Waals surface area contributed by atoms with Gasteiger partial charge in [0.25, 0.3) is 5.91 Å². The number of esters is 1. The van der Waals surface area contributed by atoms with Crippen LogP contribution in [-0.4, -0.2) is 48.1 Å². The molecule has 164 valence electrons. The van der Waals surface area contributed by atoms with Gasteiger partial charge in [0.15, 0.2) is 0 Å². The van der Waals surface area contributed by atoms with E-state index in [0.29, 0.717) is 31.9 Å². The molecule has 0 bridgehead atoms. The summed E-state index contributed by atoms with van der Waals surface area (Å²) in [7, 11) is 1.65. The lowest BCUT2D eigenvalue weighted by atomic mass is 9.98. The van der Waals surface area contributed by atoms with Crippen LogP contribution in [0.5, 0.6) is 5.75 Å². The molecule has 0 aliphatic carbocycles. The van der Waals surface area contributed by atoms with Crippen molar-refractivity contribution in [1.82, 2.24) is 9.47 Å². The first-order valence-corrected chi connectivity index (χ1v) is 12.0. The molecular weight excluding hydrogens is 480 g/mol. The van der Waals surface area contributed by atoms with Gasteiger partial charge in [0.2, 0.25) is 0 Å². The number of rotatable bonds is 6. The van der Waals surface area contributed by atoms with Crippen molar-refractivity contribution in [2.24, 2.45) is 5.92 Å². The van der Waals surface area contributed by atoms with Gasteiger partial charge in [-0.3, -0.25) is 9.59 Å². The number of nitrogens with zero attached hydrogens (tertiary/aromatic N) is 2. The SMILES string of the molecule is CCOC(=O)[C@H]1CCCN(C(=O)c2cc3sc(Br)cc3n2Cc2ccc(OC)cc2)C1. The Bertz CT molecular complexity index is 1090. The Kier molecular flexibility index (Phi) is 6.67. The monoisotopic (exact) mass is 504 g/mol. The van der Waals surface area contributed by atoms with Crippen LogP contribution in [0, 0.1) is 5.92 Å². The van der Waals surface area contributed by atoms with Gasteiger partial charge >= 0.3 is 5.97 Å². The number of likely N-dealkylation sites (tertiary alicyclic amines) is 1. The second kappa shape index (κ2) is 9.44.